The first kappa shape index (κ1) is 47.4. The fourth-order valence-electron chi connectivity index (χ4n) is 14.5. The molecule has 0 saturated carbocycles. The molecule has 3 aromatic heterocycles. The number of nitrogens with zero attached hydrogens (tertiary/aromatic N) is 4. The van der Waals surface area contributed by atoms with Crippen LogP contribution in [0, 0.1) is 6.92 Å². The number of allylic oxidation sites excluding steroid dienone is 4. The number of hydrogen-bond donors (Lipinski definition) is 0. The van der Waals surface area contributed by atoms with Crippen molar-refractivity contribution < 1.29 is 0 Å². The van der Waals surface area contributed by atoms with Gasteiger partial charge in [-0.05, 0) is 171 Å². The van der Waals surface area contributed by atoms with Crippen LogP contribution < -0.4 is 4.90 Å². The highest BCUT2D eigenvalue weighted by Gasteiger charge is 2.25. The van der Waals surface area contributed by atoms with E-state index in [-0.39, 0.29) is 0 Å². The number of hydrogen-bond acceptors (Lipinski definition) is 1. The second-order valence-electron chi connectivity index (χ2n) is 22.6. The van der Waals surface area contributed by atoms with Crippen LogP contribution in [-0.2, 0) is 0 Å². The Morgan fingerprint density at radius 1 is 0.349 bits per heavy atom. The predicted octanol–water partition coefficient (Wildman–Crippen LogP) is 21.9. The van der Waals surface area contributed by atoms with Gasteiger partial charge < -0.3 is 18.6 Å². The van der Waals surface area contributed by atoms with E-state index in [2.05, 4.69) is 299 Å². The smallest absolute Gasteiger partial charge is 0.0619 e. The highest BCUT2D eigenvalue weighted by Crippen LogP contribution is 2.46. The molecule has 83 heavy (non-hydrogen) atoms. The van der Waals surface area contributed by atoms with Gasteiger partial charge in [0.1, 0.15) is 0 Å². The minimum atomic E-state index is 1.03. The summed E-state index contributed by atoms with van der Waals surface area (Å²) in [6, 6.07) is 94.9. The van der Waals surface area contributed by atoms with Gasteiger partial charge >= 0.3 is 0 Å². The van der Waals surface area contributed by atoms with Crippen LogP contribution in [-0.4, -0.2) is 13.7 Å². The molecule has 0 aliphatic heterocycles. The van der Waals surface area contributed by atoms with E-state index in [4.69, 9.17) is 0 Å². The molecule has 0 amide bonds. The zero-order chi connectivity index (χ0) is 54.9. The Balaban J connectivity index is 0.858. The number of aryl methyl sites for hydroxylation is 1. The van der Waals surface area contributed by atoms with Crippen LogP contribution in [0.2, 0.25) is 0 Å². The van der Waals surface area contributed by atoms with E-state index in [1.807, 2.05) is 0 Å². The van der Waals surface area contributed by atoms with E-state index >= 15 is 0 Å². The lowest BCUT2D eigenvalue weighted by molar-refractivity contribution is 0.895. The number of aromatic nitrogens is 3. The van der Waals surface area contributed by atoms with E-state index in [1.54, 1.807) is 0 Å². The van der Waals surface area contributed by atoms with Crippen molar-refractivity contribution in [2.45, 2.75) is 33.1 Å². The Morgan fingerprint density at radius 2 is 0.711 bits per heavy atom. The number of benzene rings is 13. The average molecular weight is 1060 g/mol. The number of anilines is 3. The molecular formula is C79H56N4. The van der Waals surface area contributed by atoms with Crippen LogP contribution in [0.15, 0.2) is 273 Å². The summed E-state index contributed by atoms with van der Waals surface area (Å²) in [4.78, 5) is 2.43. The summed E-state index contributed by atoms with van der Waals surface area (Å²) >= 11 is 0. The molecule has 0 N–H and O–H groups in total. The lowest BCUT2D eigenvalue weighted by atomic mass is 9.91. The fourth-order valence-corrected chi connectivity index (χ4v) is 14.5. The molecule has 17 rings (SSSR count). The summed E-state index contributed by atoms with van der Waals surface area (Å²) in [5.74, 6) is 0. The molecule has 0 spiro atoms. The number of fused-ring (bicyclic) bond motifs is 17. The van der Waals surface area contributed by atoms with Crippen molar-refractivity contribution in [2.24, 2.45) is 0 Å². The fraction of sp³-hybridized carbons (Fsp3) is 0.0633. The third-order valence-corrected chi connectivity index (χ3v) is 18.2. The third-order valence-electron chi connectivity index (χ3n) is 18.2. The van der Waals surface area contributed by atoms with E-state index in [0.29, 0.717) is 0 Å². The molecule has 392 valence electrons. The zero-order valence-electron chi connectivity index (χ0n) is 46.3. The second-order valence-corrected chi connectivity index (χ2v) is 22.6. The van der Waals surface area contributed by atoms with Crippen LogP contribution in [0.4, 0.5) is 17.1 Å². The summed E-state index contributed by atoms with van der Waals surface area (Å²) in [6.07, 6.45) is 7.95. The highest BCUT2D eigenvalue weighted by atomic mass is 15.1. The standard InChI is InChI=1S/C79H56N4/c1-3-51-16-4-13-25-66(51)77-50(2)74-63-22-10-5-17-52(63)30-47-71(74)81(77)60-39-33-57(34-40-60)80(58-35-41-61(42-36-58)82-72-48-31-53-18-6-11-23-64(53)75(72)69-45-28-55-20-8-14-26-67(55)78(69)82)59-37-43-62(44-38-59)83-73-49-32-54-19-7-12-24-65(54)76(73)70-46-29-56-21-9-15-27-68(56)79(70)83/h5-15,17-49H,3-4,16H2,1-2H3. The van der Waals surface area contributed by atoms with Gasteiger partial charge in [-0.3, -0.25) is 0 Å². The topological polar surface area (TPSA) is 18.0 Å². The van der Waals surface area contributed by atoms with Gasteiger partial charge in [0.2, 0.25) is 0 Å². The maximum Gasteiger partial charge on any atom is 0.0619 e. The molecule has 4 heteroatoms. The molecule has 16 aromatic rings. The first-order chi connectivity index (χ1) is 41.1. The average Bonchev–Trinajstić information content (AvgIpc) is 2.31. The van der Waals surface area contributed by atoms with Gasteiger partial charge in [-0.2, -0.15) is 0 Å². The minimum Gasteiger partial charge on any atom is -0.310 e. The summed E-state index contributed by atoms with van der Waals surface area (Å²) < 4.78 is 7.51. The van der Waals surface area contributed by atoms with Crippen LogP contribution in [0.5, 0.6) is 0 Å². The minimum absolute atomic E-state index is 1.03. The maximum absolute atomic E-state index is 2.53. The largest absolute Gasteiger partial charge is 0.310 e. The predicted molar refractivity (Wildman–Crippen MR) is 354 cm³/mol. The van der Waals surface area contributed by atoms with Gasteiger partial charge in [-0.25, -0.2) is 0 Å². The molecule has 1 aliphatic carbocycles. The van der Waals surface area contributed by atoms with E-state index < -0.39 is 0 Å². The first-order valence-electron chi connectivity index (χ1n) is 29.3. The highest BCUT2D eigenvalue weighted by molar-refractivity contribution is 6.27. The lowest BCUT2D eigenvalue weighted by Crippen LogP contribution is -2.11. The van der Waals surface area contributed by atoms with Crippen molar-refractivity contribution in [3.8, 4) is 17.1 Å². The van der Waals surface area contributed by atoms with Crippen molar-refractivity contribution in [1.82, 2.24) is 13.7 Å². The van der Waals surface area contributed by atoms with Gasteiger partial charge in [0.15, 0.2) is 0 Å². The third kappa shape index (κ3) is 7.12. The van der Waals surface area contributed by atoms with Crippen LogP contribution in [0.3, 0.4) is 0 Å². The molecule has 0 bridgehead atoms. The Bertz CT molecular complexity index is 5180. The summed E-state index contributed by atoms with van der Waals surface area (Å²) in [5.41, 5.74) is 18.1. The van der Waals surface area contributed by atoms with Gasteiger partial charge in [-0.1, -0.05) is 188 Å². The summed E-state index contributed by atoms with van der Waals surface area (Å²) in [7, 11) is 0. The Hall–Kier alpha value is -10.4. The molecule has 0 radical (unpaired) electrons. The summed E-state index contributed by atoms with van der Waals surface area (Å²) in [6.45, 7) is 4.65. The molecule has 4 nitrogen and oxygen atoms in total. The molecular weight excluding hydrogens is 1000 g/mol. The monoisotopic (exact) mass is 1060 g/mol. The van der Waals surface area contributed by atoms with Crippen molar-refractivity contribution >= 4 is 131 Å². The zero-order valence-corrected chi connectivity index (χ0v) is 46.3. The van der Waals surface area contributed by atoms with Gasteiger partial charge in [-0.15, -0.1) is 0 Å². The quantitative estimate of drug-likeness (QED) is 0.148. The van der Waals surface area contributed by atoms with Gasteiger partial charge in [0.05, 0.1) is 33.3 Å². The van der Waals surface area contributed by atoms with Crippen molar-refractivity contribution in [3.63, 3.8) is 0 Å². The molecule has 0 atom stereocenters. The van der Waals surface area contributed by atoms with E-state index in [0.717, 1.165) is 53.4 Å². The SMILES string of the molecule is CCC1=C(c2c(C)c3c4ccccc4ccc3n2-c2ccc(N(c3ccc(-n4c5ccc6ccccc6c5c5ccc6ccccc6c54)cc3)c3ccc(-n4c5ccc6ccccc6c5c5ccc6ccccc6c54)cc3)cc2)C=CCC1. The molecule has 0 saturated heterocycles. The van der Waals surface area contributed by atoms with Crippen molar-refractivity contribution in [1.29, 1.82) is 0 Å². The molecule has 0 unspecified atom stereocenters. The second kappa shape index (κ2) is 18.6. The molecule has 1 aliphatic rings. The van der Waals surface area contributed by atoms with E-state index in [1.165, 1.54) is 131 Å². The van der Waals surface area contributed by atoms with Crippen molar-refractivity contribution in [3.05, 3.63) is 284 Å². The number of rotatable bonds is 8. The normalized spacial score (nSPS) is 13.0. The Labute approximate surface area is 480 Å². The van der Waals surface area contributed by atoms with Gasteiger partial charge in [0.25, 0.3) is 0 Å². The van der Waals surface area contributed by atoms with Gasteiger partial charge in [0, 0.05) is 71.8 Å². The Kier molecular flexibility index (Phi) is 10.6. The Morgan fingerprint density at radius 3 is 1.14 bits per heavy atom. The van der Waals surface area contributed by atoms with Crippen LogP contribution in [0.25, 0.3) is 131 Å². The maximum atomic E-state index is 2.53. The van der Waals surface area contributed by atoms with Crippen LogP contribution in [0.1, 0.15) is 37.4 Å². The molecule has 3 heterocycles. The van der Waals surface area contributed by atoms with E-state index in [9.17, 15) is 0 Å². The summed E-state index contributed by atoms with van der Waals surface area (Å²) in [5, 5.41) is 18.9. The first-order valence-corrected chi connectivity index (χ1v) is 29.3. The molecule has 0 fully saturated rings. The van der Waals surface area contributed by atoms with Crippen LogP contribution >= 0.6 is 0 Å². The van der Waals surface area contributed by atoms with Crippen molar-refractivity contribution in [2.75, 3.05) is 4.90 Å². The molecule has 13 aromatic carbocycles. The lowest BCUT2D eigenvalue weighted by Gasteiger charge is -2.27.